The number of aromatic nitrogens is 1. The van der Waals surface area contributed by atoms with Crippen molar-refractivity contribution in [3.05, 3.63) is 258 Å². The number of nitrogens with one attached hydrogen (secondary N) is 1. The minimum absolute atomic E-state index is 0.0911. The summed E-state index contributed by atoms with van der Waals surface area (Å²) in [6, 6.07) is 84.1. The van der Waals surface area contributed by atoms with E-state index in [4.69, 9.17) is 0 Å². The lowest BCUT2D eigenvalue weighted by atomic mass is 9.63. The number of para-hydroxylation sites is 2. The second kappa shape index (κ2) is 13.7. The van der Waals surface area contributed by atoms with E-state index in [9.17, 15) is 0 Å². The number of fused-ring (bicyclic) bond motifs is 9. The van der Waals surface area contributed by atoms with Gasteiger partial charge in [-0.2, -0.15) is 0 Å². The Balaban J connectivity index is 1.19. The van der Waals surface area contributed by atoms with Crippen LogP contribution in [0, 0.1) is 0 Å². The topological polar surface area (TPSA) is 17.0 Å². The van der Waals surface area contributed by atoms with Gasteiger partial charge in [0.15, 0.2) is 0 Å². The van der Waals surface area contributed by atoms with Crippen LogP contribution in [0.1, 0.15) is 47.2 Å². The van der Waals surface area contributed by atoms with Crippen molar-refractivity contribution in [3.63, 3.8) is 0 Å². The molecule has 0 radical (unpaired) electrons. The third-order valence-electron chi connectivity index (χ3n) is 15.2. The average molecular weight is 841 g/mol. The molecule has 0 amide bonds. The summed E-state index contributed by atoms with van der Waals surface area (Å²) in [5.41, 5.74) is 25.2. The maximum atomic E-state index is 4.26. The number of benzene rings is 10. The number of rotatable bonds is 6. The minimum Gasteiger partial charge on any atom is -0.355 e. The predicted molar refractivity (Wildman–Crippen MR) is 275 cm³/mol. The third-order valence-corrected chi connectivity index (χ3v) is 15.2. The highest BCUT2D eigenvalue weighted by Gasteiger charge is 2.52. The zero-order chi connectivity index (χ0) is 43.7. The summed E-state index contributed by atoms with van der Waals surface area (Å²) in [6.45, 7) is 4.72. The highest BCUT2D eigenvalue weighted by Crippen LogP contribution is 2.66. The van der Waals surface area contributed by atoms with Gasteiger partial charge in [0.05, 0.1) is 22.1 Å². The summed E-state index contributed by atoms with van der Waals surface area (Å²) >= 11 is 0. The molecule has 66 heavy (non-hydrogen) atoms. The summed E-state index contributed by atoms with van der Waals surface area (Å²) in [6.07, 6.45) is 0. The van der Waals surface area contributed by atoms with Crippen LogP contribution in [-0.4, -0.2) is 4.57 Å². The van der Waals surface area contributed by atoms with E-state index in [0.29, 0.717) is 0 Å². The van der Waals surface area contributed by atoms with E-state index in [2.05, 4.69) is 248 Å². The monoisotopic (exact) mass is 840 g/mol. The zero-order valence-corrected chi connectivity index (χ0v) is 36.8. The molecule has 0 fully saturated rings. The molecule has 1 aliphatic heterocycles. The Kier molecular flexibility index (Phi) is 7.70. The summed E-state index contributed by atoms with van der Waals surface area (Å²) in [4.78, 5) is 0. The van der Waals surface area contributed by atoms with Gasteiger partial charge in [-0.15, -0.1) is 0 Å². The van der Waals surface area contributed by atoms with Gasteiger partial charge in [-0.05, 0) is 103 Å². The van der Waals surface area contributed by atoms with Crippen LogP contribution >= 0.6 is 0 Å². The van der Waals surface area contributed by atoms with Crippen molar-refractivity contribution in [2.45, 2.75) is 24.7 Å². The van der Waals surface area contributed by atoms with Gasteiger partial charge in [0.2, 0.25) is 0 Å². The molecule has 0 saturated carbocycles. The van der Waals surface area contributed by atoms with Crippen LogP contribution in [0.2, 0.25) is 0 Å². The number of hydrogen-bond donors (Lipinski definition) is 1. The van der Waals surface area contributed by atoms with Crippen molar-refractivity contribution in [2.24, 2.45) is 0 Å². The fourth-order valence-corrected chi connectivity index (χ4v) is 12.5. The second-order valence-corrected chi connectivity index (χ2v) is 18.8. The van der Waals surface area contributed by atoms with Gasteiger partial charge in [-0.3, -0.25) is 0 Å². The van der Waals surface area contributed by atoms with Crippen molar-refractivity contribution in [3.8, 4) is 61.3 Å². The van der Waals surface area contributed by atoms with Crippen LogP contribution in [0.5, 0.6) is 0 Å². The van der Waals surface area contributed by atoms with Crippen LogP contribution in [0.25, 0.3) is 83.1 Å². The third kappa shape index (κ3) is 4.85. The van der Waals surface area contributed by atoms with Gasteiger partial charge < -0.3 is 9.88 Å². The minimum atomic E-state index is -0.797. The van der Waals surface area contributed by atoms with Crippen molar-refractivity contribution in [1.29, 1.82) is 0 Å². The summed E-state index contributed by atoms with van der Waals surface area (Å²) in [5, 5.41) is 6.74. The molecule has 3 aliphatic rings. The molecule has 0 saturated heterocycles. The van der Waals surface area contributed by atoms with Gasteiger partial charge in [-0.25, -0.2) is 0 Å². The van der Waals surface area contributed by atoms with E-state index in [-0.39, 0.29) is 5.41 Å². The van der Waals surface area contributed by atoms with E-state index in [1.54, 1.807) is 0 Å². The van der Waals surface area contributed by atoms with Crippen LogP contribution < -0.4 is 5.32 Å². The number of nitrogens with zero attached hydrogens (tertiary/aromatic N) is 1. The Morgan fingerprint density at radius 2 is 0.924 bits per heavy atom. The Bertz CT molecular complexity index is 3730. The first-order valence-electron chi connectivity index (χ1n) is 23.2. The van der Waals surface area contributed by atoms with Crippen LogP contribution in [0.3, 0.4) is 0 Å². The molecular formula is C64H44N2. The molecule has 0 atom stereocenters. The molecule has 310 valence electrons. The lowest BCUT2D eigenvalue weighted by molar-refractivity contribution is 0.660. The van der Waals surface area contributed by atoms with Gasteiger partial charge in [0.1, 0.15) is 0 Å². The zero-order valence-electron chi connectivity index (χ0n) is 36.8. The second-order valence-electron chi connectivity index (χ2n) is 18.8. The molecule has 2 heterocycles. The summed E-state index contributed by atoms with van der Waals surface area (Å²) in [5.74, 6) is 0. The fraction of sp³-hybridized carbons (Fsp3) is 0.0625. The molecule has 0 spiro atoms. The Morgan fingerprint density at radius 1 is 0.379 bits per heavy atom. The molecule has 1 N–H and O–H groups in total. The molecule has 0 bridgehead atoms. The Labute approximate surface area is 385 Å². The van der Waals surface area contributed by atoms with Gasteiger partial charge in [0.25, 0.3) is 0 Å². The molecule has 14 rings (SSSR count). The molecule has 2 nitrogen and oxygen atoms in total. The molecule has 2 aliphatic carbocycles. The number of anilines is 2. The molecule has 10 aromatic carbocycles. The first-order valence-corrected chi connectivity index (χ1v) is 23.2. The van der Waals surface area contributed by atoms with Crippen molar-refractivity contribution >= 4 is 33.2 Å². The van der Waals surface area contributed by atoms with E-state index in [0.717, 1.165) is 11.4 Å². The molecular weight excluding hydrogens is 797 g/mol. The van der Waals surface area contributed by atoms with Gasteiger partial charge in [-0.1, -0.05) is 208 Å². The van der Waals surface area contributed by atoms with Crippen molar-refractivity contribution < 1.29 is 0 Å². The highest BCUT2D eigenvalue weighted by molar-refractivity contribution is 6.21. The molecule has 11 aromatic rings. The Morgan fingerprint density at radius 3 is 1.64 bits per heavy atom. The van der Waals surface area contributed by atoms with E-state index >= 15 is 0 Å². The normalized spacial score (nSPS) is 14.2. The lowest BCUT2D eigenvalue weighted by Crippen LogP contribution is -2.31. The van der Waals surface area contributed by atoms with Crippen LogP contribution in [-0.2, 0) is 10.8 Å². The quantitative estimate of drug-likeness (QED) is 0.176. The maximum absolute atomic E-state index is 4.26. The largest absolute Gasteiger partial charge is 0.355 e. The van der Waals surface area contributed by atoms with E-state index in [1.807, 2.05) is 0 Å². The van der Waals surface area contributed by atoms with Gasteiger partial charge in [0, 0.05) is 44.3 Å². The summed E-state index contributed by atoms with van der Waals surface area (Å²) < 4.78 is 2.57. The SMILES string of the molecule is CC1(C)c2ccccc2-c2cc(Nc3cc4c5ccccc5n5c4c4c3C(c3ccccc3-c3ccccc3)(c3ccccc3-c3ccccc3)c3cccc(c3-4)-c3ccccc3-5)ccc21. The predicted octanol–water partition coefficient (Wildman–Crippen LogP) is 16.5. The lowest BCUT2D eigenvalue weighted by Gasteiger charge is -2.38. The highest BCUT2D eigenvalue weighted by atomic mass is 15.0. The van der Waals surface area contributed by atoms with Crippen LogP contribution in [0.4, 0.5) is 11.4 Å². The average Bonchev–Trinajstić information content (AvgIpc) is 3.92. The van der Waals surface area contributed by atoms with Crippen molar-refractivity contribution in [2.75, 3.05) is 5.32 Å². The fourth-order valence-electron chi connectivity index (χ4n) is 12.5. The smallest absolute Gasteiger partial charge is 0.0746 e. The molecule has 0 unspecified atom stereocenters. The molecule has 1 aromatic heterocycles. The van der Waals surface area contributed by atoms with E-state index < -0.39 is 5.41 Å². The summed E-state index contributed by atoms with van der Waals surface area (Å²) in [7, 11) is 0. The standard InChI is InChI=1S/C64H44N2/c1-63(2)51-30-14-11-26-45(51)49-38-42(36-37-52(49)63)65-56-39-50-47-28-13-18-35-58(47)66-57-34-17-12-27-46(57)48-29-19-33-55-59(48)60(62(50)66)61(56)64(55,53-31-15-9-24-43(53)40-20-5-3-6-21-40)54-32-16-10-25-44(54)41-22-7-4-8-23-41/h3-39,65H,1-2H3. The number of hydrogen-bond acceptors (Lipinski definition) is 1. The molecule has 2 heteroatoms. The van der Waals surface area contributed by atoms with Gasteiger partial charge >= 0.3 is 0 Å². The van der Waals surface area contributed by atoms with Crippen LogP contribution in [0.15, 0.2) is 224 Å². The Hall–Kier alpha value is -8.20. The van der Waals surface area contributed by atoms with E-state index in [1.165, 1.54) is 117 Å². The first-order chi connectivity index (χ1) is 32.5. The van der Waals surface area contributed by atoms with Crippen molar-refractivity contribution in [1.82, 2.24) is 4.57 Å². The first kappa shape index (κ1) is 37.2. The maximum Gasteiger partial charge on any atom is 0.0746 e.